The lowest BCUT2D eigenvalue weighted by Crippen LogP contribution is -2.48. The summed E-state index contributed by atoms with van der Waals surface area (Å²) in [6.45, 7) is 7.60. The Labute approximate surface area is 130 Å². The third-order valence-electron chi connectivity index (χ3n) is 3.56. The van der Waals surface area contributed by atoms with Crippen LogP contribution in [-0.2, 0) is 9.59 Å². The summed E-state index contributed by atoms with van der Waals surface area (Å²) >= 11 is 5.95. The first-order valence-corrected chi connectivity index (χ1v) is 7.42. The third kappa shape index (κ3) is 3.56. The van der Waals surface area contributed by atoms with E-state index in [1.165, 1.54) is 0 Å². The lowest BCUT2D eigenvalue weighted by atomic mass is 10.0. The van der Waals surface area contributed by atoms with Crippen molar-refractivity contribution < 1.29 is 9.59 Å². The van der Waals surface area contributed by atoms with Gasteiger partial charge in [0.1, 0.15) is 5.41 Å². The number of amides is 2. The van der Waals surface area contributed by atoms with Crippen molar-refractivity contribution in [1.29, 1.82) is 0 Å². The predicted octanol–water partition coefficient (Wildman–Crippen LogP) is 3.28. The lowest BCUT2D eigenvalue weighted by Gasteiger charge is -2.24. The Balaban J connectivity index is 2.13. The molecule has 0 aromatic heterocycles. The minimum absolute atomic E-state index is 0.202. The van der Waals surface area contributed by atoms with Crippen LogP contribution < -0.4 is 10.6 Å². The van der Waals surface area contributed by atoms with Gasteiger partial charge in [-0.15, -0.1) is 0 Å². The first kappa shape index (κ1) is 15.8. The Kier molecular flexibility index (Phi) is 4.02. The molecule has 2 amide bonds. The van der Waals surface area contributed by atoms with Gasteiger partial charge < -0.3 is 10.6 Å². The van der Waals surface area contributed by atoms with Gasteiger partial charge in [-0.05, 0) is 58.2 Å². The molecule has 0 aliphatic heterocycles. The maximum Gasteiger partial charge on any atom is 0.240 e. The van der Waals surface area contributed by atoms with Crippen molar-refractivity contribution in [3.8, 4) is 0 Å². The number of hydrogen-bond donors (Lipinski definition) is 2. The van der Waals surface area contributed by atoms with Crippen LogP contribution in [0.4, 0.5) is 5.69 Å². The molecule has 1 fully saturated rings. The van der Waals surface area contributed by atoms with E-state index < -0.39 is 5.41 Å². The maximum atomic E-state index is 12.5. The van der Waals surface area contributed by atoms with E-state index in [1.54, 1.807) is 12.1 Å². The molecule has 0 saturated heterocycles. The van der Waals surface area contributed by atoms with Crippen LogP contribution in [0.25, 0.3) is 0 Å². The predicted molar refractivity (Wildman–Crippen MR) is 84.4 cm³/mol. The van der Waals surface area contributed by atoms with E-state index in [1.807, 2.05) is 33.8 Å². The fraction of sp³-hybridized carbons (Fsp3) is 0.500. The van der Waals surface area contributed by atoms with E-state index >= 15 is 0 Å². The third-order valence-corrected chi connectivity index (χ3v) is 3.79. The molecule has 0 atom stereocenters. The van der Waals surface area contributed by atoms with Crippen LogP contribution in [-0.4, -0.2) is 17.4 Å². The molecule has 2 rings (SSSR count). The molecule has 1 aromatic rings. The number of carbonyl (C=O) groups excluding carboxylic acids is 2. The number of rotatable bonds is 3. The van der Waals surface area contributed by atoms with Crippen molar-refractivity contribution in [2.24, 2.45) is 5.41 Å². The van der Waals surface area contributed by atoms with Gasteiger partial charge in [0.05, 0.1) is 0 Å². The normalized spacial score (nSPS) is 16.2. The number of aryl methyl sites for hydroxylation is 1. The fourth-order valence-electron chi connectivity index (χ4n) is 2.11. The van der Waals surface area contributed by atoms with Gasteiger partial charge in [0.2, 0.25) is 11.8 Å². The molecule has 1 saturated carbocycles. The summed E-state index contributed by atoms with van der Waals surface area (Å²) in [5, 5.41) is 6.28. The molecule has 1 aromatic carbocycles. The highest BCUT2D eigenvalue weighted by Crippen LogP contribution is 2.47. The summed E-state index contributed by atoms with van der Waals surface area (Å²) in [7, 11) is 0. The zero-order valence-electron chi connectivity index (χ0n) is 12.8. The van der Waals surface area contributed by atoms with Gasteiger partial charge >= 0.3 is 0 Å². The van der Waals surface area contributed by atoms with Gasteiger partial charge in [0, 0.05) is 16.2 Å². The SMILES string of the molecule is Cc1ccc(Cl)cc1NC(=O)C1(C(=O)NC(C)(C)C)CC1. The maximum absolute atomic E-state index is 12.5. The van der Waals surface area contributed by atoms with Crippen LogP contribution in [0.5, 0.6) is 0 Å². The molecule has 0 unspecified atom stereocenters. The average Bonchev–Trinajstić information content (AvgIpc) is 3.13. The van der Waals surface area contributed by atoms with Crippen LogP contribution >= 0.6 is 11.6 Å². The summed E-state index contributed by atoms with van der Waals surface area (Å²) < 4.78 is 0. The lowest BCUT2D eigenvalue weighted by molar-refractivity contribution is -0.135. The Morgan fingerprint density at radius 3 is 2.33 bits per heavy atom. The minimum atomic E-state index is -0.929. The summed E-state index contributed by atoms with van der Waals surface area (Å²) in [6, 6.07) is 5.31. The molecule has 0 spiro atoms. The highest BCUT2D eigenvalue weighted by Gasteiger charge is 2.57. The number of anilines is 1. The molecule has 4 nitrogen and oxygen atoms in total. The molecule has 5 heteroatoms. The van der Waals surface area contributed by atoms with E-state index in [-0.39, 0.29) is 17.4 Å². The number of benzene rings is 1. The molecular weight excluding hydrogens is 288 g/mol. The molecule has 114 valence electrons. The second-order valence-corrected chi connectivity index (χ2v) is 7.14. The molecule has 2 N–H and O–H groups in total. The van der Waals surface area contributed by atoms with Gasteiger partial charge in [0.25, 0.3) is 0 Å². The Morgan fingerprint density at radius 2 is 1.81 bits per heavy atom. The Morgan fingerprint density at radius 1 is 1.19 bits per heavy atom. The van der Waals surface area contributed by atoms with Crippen LogP contribution in [0.15, 0.2) is 18.2 Å². The number of nitrogens with one attached hydrogen (secondary N) is 2. The second-order valence-electron chi connectivity index (χ2n) is 6.70. The van der Waals surface area contributed by atoms with Crippen LogP contribution in [0.1, 0.15) is 39.2 Å². The average molecular weight is 309 g/mol. The molecule has 1 aliphatic rings. The van der Waals surface area contributed by atoms with E-state index in [4.69, 9.17) is 11.6 Å². The van der Waals surface area contributed by atoms with Gasteiger partial charge in [-0.3, -0.25) is 9.59 Å². The monoisotopic (exact) mass is 308 g/mol. The van der Waals surface area contributed by atoms with Crippen molar-refractivity contribution in [2.75, 3.05) is 5.32 Å². The zero-order chi connectivity index (χ0) is 15.8. The standard InChI is InChI=1S/C16H21ClN2O2/c1-10-5-6-11(17)9-12(10)18-13(20)16(7-8-16)14(21)19-15(2,3)4/h5-6,9H,7-8H2,1-4H3,(H,18,20)(H,19,21). The van der Waals surface area contributed by atoms with Crippen molar-refractivity contribution in [1.82, 2.24) is 5.32 Å². The van der Waals surface area contributed by atoms with E-state index in [0.717, 1.165) is 5.56 Å². The van der Waals surface area contributed by atoms with E-state index in [9.17, 15) is 9.59 Å². The first-order chi connectivity index (χ1) is 9.64. The van der Waals surface area contributed by atoms with Crippen molar-refractivity contribution in [3.05, 3.63) is 28.8 Å². The minimum Gasteiger partial charge on any atom is -0.351 e. The summed E-state index contributed by atoms with van der Waals surface area (Å²) in [5.41, 5.74) is 0.295. The smallest absolute Gasteiger partial charge is 0.240 e. The zero-order valence-corrected chi connectivity index (χ0v) is 13.6. The van der Waals surface area contributed by atoms with Crippen LogP contribution in [0.2, 0.25) is 5.02 Å². The van der Waals surface area contributed by atoms with E-state index in [0.29, 0.717) is 23.6 Å². The van der Waals surface area contributed by atoms with Gasteiger partial charge in [-0.1, -0.05) is 17.7 Å². The molecule has 0 bridgehead atoms. The fourth-order valence-corrected chi connectivity index (χ4v) is 2.29. The van der Waals surface area contributed by atoms with Crippen LogP contribution in [0, 0.1) is 12.3 Å². The van der Waals surface area contributed by atoms with E-state index in [2.05, 4.69) is 10.6 Å². The highest BCUT2D eigenvalue weighted by molar-refractivity contribution is 6.31. The Hall–Kier alpha value is -1.55. The largest absolute Gasteiger partial charge is 0.351 e. The van der Waals surface area contributed by atoms with Crippen molar-refractivity contribution >= 4 is 29.1 Å². The van der Waals surface area contributed by atoms with Gasteiger partial charge in [0.15, 0.2) is 0 Å². The van der Waals surface area contributed by atoms with Gasteiger partial charge in [-0.2, -0.15) is 0 Å². The summed E-state index contributed by atoms with van der Waals surface area (Å²) in [4.78, 5) is 24.8. The summed E-state index contributed by atoms with van der Waals surface area (Å²) in [6.07, 6.45) is 1.17. The van der Waals surface area contributed by atoms with Crippen molar-refractivity contribution in [3.63, 3.8) is 0 Å². The van der Waals surface area contributed by atoms with Gasteiger partial charge in [-0.25, -0.2) is 0 Å². The molecule has 0 heterocycles. The number of halogens is 1. The molecule has 1 aliphatic carbocycles. The van der Waals surface area contributed by atoms with Crippen molar-refractivity contribution in [2.45, 2.75) is 46.1 Å². The number of hydrogen-bond acceptors (Lipinski definition) is 2. The topological polar surface area (TPSA) is 58.2 Å². The molecule has 0 radical (unpaired) electrons. The number of carbonyl (C=O) groups is 2. The highest BCUT2D eigenvalue weighted by atomic mass is 35.5. The quantitative estimate of drug-likeness (QED) is 0.842. The van der Waals surface area contributed by atoms with Crippen LogP contribution in [0.3, 0.4) is 0 Å². The molecule has 21 heavy (non-hydrogen) atoms. The Bertz CT molecular complexity index is 586. The summed E-state index contributed by atoms with van der Waals surface area (Å²) in [5.74, 6) is -0.457. The first-order valence-electron chi connectivity index (χ1n) is 7.04. The molecular formula is C16H21ClN2O2. The second kappa shape index (κ2) is 5.34.